The Morgan fingerprint density at radius 3 is 2.80 bits per heavy atom. The molecular weight excluding hydrogens is 212 g/mol. The number of allylic oxidation sites excluding steroid dienone is 1. The Morgan fingerprint density at radius 2 is 2.30 bits per heavy atom. The van der Waals surface area contributed by atoms with Crippen LogP contribution in [0.2, 0.25) is 0 Å². The second-order valence-electron chi connectivity index (χ2n) is 1.36. The summed E-state index contributed by atoms with van der Waals surface area (Å²) in [6.07, 6.45) is 0.521. The van der Waals surface area contributed by atoms with Crippen LogP contribution in [0.15, 0.2) is 9.89 Å². The van der Waals surface area contributed by atoms with Crippen molar-refractivity contribution >= 4 is 27.7 Å². The van der Waals surface area contributed by atoms with Gasteiger partial charge in [0, 0.05) is 12.2 Å². The molecule has 0 N–H and O–H groups in total. The van der Waals surface area contributed by atoms with Crippen LogP contribution in [0.25, 0.3) is 0 Å². The predicted molar refractivity (Wildman–Crippen MR) is 45.3 cm³/mol. The van der Waals surface area contributed by atoms with Gasteiger partial charge in [-0.2, -0.15) is 10.5 Å². The van der Waals surface area contributed by atoms with Crippen LogP contribution < -0.4 is 0 Å². The molecule has 0 aromatic heterocycles. The van der Waals surface area contributed by atoms with E-state index < -0.39 is 0 Å². The third-order valence-electron chi connectivity index (χ3n) is 0.625. The normalized spacial score (nSPS) is 10.1. The molecule has 0 spiro atoms. The number of hydrogen-bond acceptors (Lipinski definition) is 3. The zero-order valence-electron chi connectivity index (χ0n) is 5.17. The molecule has 0 rings (SSSR count). The second-order valence-corrected chi connectivity index (χ2v) is 3.19. The highest BCUT2D eigenvalue weighted by Gasteiger charge is 1.86. The Kier molecular flexibility index (Phi) is 6.37. The lowest BCUT2D eigenvalue weighted by Crippen LogP contribution is -1.70. The van der Waals surface area contributed by atoms with Gasteiger partial charge in [-0.25, -0.2) is 0 Å². The number of hydrogen-bond donors (Lipinski definition) is 0. The van der Waals surface area contributed by atoms with Crippen LogP contribution in [-0.2, 0) is 0 Å². The quantitative estimate of drug-likeness (QED) is 0.538. The summed E-state index contributed by atoms with van der Waals surface area (Å²) in [5, 5.41) is 18.1. The molecule has 2 nitrogen and oxygen atoms in total. The summed E-state index contributed by atoms with van der Waals surface area (Å²) >= 11 is 4.48. The Bertz CT molecular complexity index is 199. The average Bonchev–Trinajstić information content (AvgIpc) is 1.98. The maximum atomic E-state index is 8.25. The van der Waals surface area contributed by atoms with Gasteiger partial charge >= 0.3 is 0 Å². The molecule has 0 amide bonds. The van der Waals surface area contributed by atoms with E-state index in [1.54, 1.807) is 5.41 Å². The van der Waals surface area contributed by atoms with Crippen LogP contribution in [0.4, 0.5) is 0 Å². The number of nitriles is 2. The van der Waals surface area contributed by atoms with Gasteiger partial charge in [0.2, 0.25) is 0 Å². The molecule has 0 aliphatic carbocycles. The highest BCUT2D eigenvalue weighted by Crippen LogP contribution is 2.11. The average molecular weight is 217 g/mol. The number of nitrogens with zero attached hydrogens (tertiary/aromatic N) is 2. The van der Waals surface area contributed by atoms with E-state index in [0.29, 0.717) is 10.9 Å². The first-order valence-corrected chi connectivity index (χ1v) is 4.39. The standard InChI is InChI=1S/C6H5BrN2S/c7-6(4-9)5-10-3-1-2-8/h5H,1,3H2/b6-5+. The molecule has 0 saturated heterocycles. The van der Waals surface area contributed by atoms with Crippen molar-refractivity contribution in [3.8, 4) is 12.1 Å². The first kappa shape index (κ1) is 9.55. The summed E-state index contributed by atoms with van der Waals surface area (Å²) in [6, 6.07) is 3.93. The number of thioether (sulfide) groups is 1. The predicted octanol–water partition coefficient (Wildman–Crippen LogP) is 2.39. The van der Waals surface area contributed by atoms with E-state index in [9.17, 15) is 0 Å². The van der Waals surface area contributed by atoms with Crippen molar-refractivity contribution in [2.24, 2.45) is 0 Å². The van der Waals surface area contributed by atoms with Crippen LogP contribution in [0.1, 0.15) is 6.42 Å². The van der Waals surface area contributed by atoms with E-state index in [4.69, 9.17) is 10.5 Å². The van der Waals surface area contributed by atoms with Gasteiger partial charge in [-0.15, -0.1) is 11.8 Å². The molecular formula is C6H5BrN2S. The van der Waals surface area contributed by atoms with Gasteiger partial charge in [-0.05, 0) is 21.3 Å². The lowest BCUT2D eigenvalue weighted by Gasteiger charge is -1.85. The largest absolute Gasteiger partial charge is 0.198 e. The third-order valence-corrected chi connectivity index (χ3v) is 2.18. The summed E-state index contributed by atoms with van der Waals surface area (Å²) in [6.45, 7) is 0. The molecule has 0 saturated carbocycles. The van der Waals surface area contributed by atoms with Gasteiger partial charge in [0.15, 0.2) is 0 Å². The van der Waals surface area contributed by atoms with Gasteiger partial charge in [0.25, 0.3) is 0 Å². The fraction of sp³-hybridized carbons (Fsp3) is 0.333. The molecule has 0 heterocycles. The van der Waals surface area contributed by atoms with Gasteiger partial charge < -0.3 is 0 Å². The first-order chi connectivity index (χ1) is 4.81. The van der Waals surface area contributed by atoms with E-state index in [0.717, 1.165) is 5.75 Å². The lowest BCUT2D eigenvalue weighted by atomic mass is 10.6. The van der Waals surface area contributed by atoms with Crippen LogP contribution in [-0.4, -0.2) is 5.75 Å². The van der Waals surface area contributed by atoms with Crippen LogP contribution >= 0.6 is 27.7 Å². The van der Waals surface area contributed by atoms with Crippen molar-refractivity contribution in [1.82, 2.24) is 0 Å². The molecule has 0 aliphatic heterocycles. The van der Waals surface area contributed by atoms with Crippen molar-refractivity contribution in [2.75, 3.05) is 5.75 Å². The number of rotatable bonds is 3. The number of halogens is 1. The molecule has 0 aromatic rings. The summed E-state index contributed by atoms with van der Waals surface area (Å²) in [5.74, 6) is 0.743. The highest BCUT2D eigenvalue weighted by molar-refractivity contribution is 9.12. The smallest absolute Gasteiger partial charge is 0.107 e. The van der Waals surface area contributed by atoms with Gasteiger partial charge in [0.05, 0.1) is 6.07 Å². The third kappa shape index (κ3) is 5.68. The first-order valence-electron chi connectivity index (χ1n) is 2.55. The monoisotopic (exact) mass is 216 g/mol. The minimum absolute atomic E-state index is 0.510. The molecule has 4 heteroatoms. The Balaban J connectivity index is 3.39. The highest BCUT2D eigenvalue weighted by atomic mass is 79.9. The van der Waals surface area contributed by atoms with E-state index >= 15 is 0 Å². The van der Waals surface area contributed by atoms with Crippen molar-refractivity contribution < 1.29 is 0 Å². The Labute approximate surface area is 72.7 Å². The van der Waals surface area contributed by atoms with E-state index in [2.05, 4.69) is 15.9 Å². The fourth-order valence-electron chi connectivity index (χ4n) is 0.263. The van der Waals surface area contributed by atoms with Crippen LogP contribution in [0.3, 0.4) is 0 Å². The van der Waals surface area contributed by atoms with Crippen LogP contribution in [0.5, 0.6) is 0 Å². The zero-order valence-corrected chi connectivity index (χ0v) is 7.57. The molecule has 0 unspecified atom stereocenters. The summed E-state index contributed by atoms with van der Waals surface area (Å²) < 4.78 is 0.510. The maximum Gasteiger partial charge on any atom is 0.107 e. The molecule has 52 valence electrons. The Morgan fingerprint density at radius 1 is 1.60 bits per heavy atom. The fourth-order valence-corrected chi connectivity index (χ4v) is 1.19. The SMILES string of the molecule is N#CCCS/C=C(/Br)C#N. The maximum absolute atomic E-state index is 8.25. The van der Waals surface area contributed by atoms with Crippen LogP contribution in [0, 0.1) is 22.7 Å². The summed E-state index contributed by atoms with van der Waals surface area (Å²) in [7, 11) is 0. The summed E-state index contributed by atoms with van der Waals surface area (Å²) in [4.78, 5) is 0. The van der Waals surface area contributed by atoms with Crippen molar-refractivity contribution in [3.05, 3.63) is 9.89 Å². The minimum atomic E-state index is 0.510. The second kappa shape index (κ2) is 6.67. The molecule has 0 aromatic carbocycles. The topological polar surface area (TPSA) is 47.6 Å². The minimum Gasteiger partial charge on any atom is -0.198 e. The van der Waals surface area contributed by atoms with E-state index in [1.807, 2.05) is 12.1 Å². The molecule has 0 atom stereocenters. The van der Waals surface area contributed by atoms with Gasteiger partial charge in [-0.3, -0.25) is 0 Å². The molecule has 0 radical (unpaired) electrons. The van der Waals surface area contributed by atoms with Gasteiger partial charge in [0.1, 0.15) is 10.6 Å². The summed E-state index contributed by atoms with van der Waals surface area (Å²) in [5.41, 5.74) is 0. The van der Waals surface area contributed by atoms with Gasteiger partial charge in [-0.1, -0.05) is 0 Å². The van der Waals surface area contributed by atoms with Crippen molar-refractivity contribution in [2.45, 2.75) is 6.42 Å². The van der Waals surface area contributed by atoms with E-state index in [-0.39, 0.29) is 0 Å². The molecule has 0 fully saturated rings. The zero-order chi connectivity index (χ0) is 7.82. The van der Waals surface area contributed by atoms with Crippen molar-refractivity contribution in [3.63, 3.8) is 0 Å². The lowest BCUT2D eigenvalue weighted by molar-refractivity contribution is 1.24. The molecule has 0 bridgehead atoms. The Hall–Kier alpha value is -0.450. The molecule has 10 heavy (non-hydrogen) atoms. The van der Waals surface area contributed by atoms with E-state index in [1.165, 1.54) is 11.8 Å². The molecule has 0 aliphatic rings. The van der Waals surface area contributed by atoms with Crippen molar-refractivity contribution in [1.29, 1.82) is 10.5 Å².